The van der Waals surface area contributed by atoms with Gasteiger partial charge in [0.2, 0.25) is 0 Å². The summed E-state index contributed by atoms with van der Waals surface area (Å²) in [7, 11) is 1.59. The number of rotatable bonds is 6. The van der Waals surface area contributed by atoms with Crippen LogP contribution in [-0.4, -0.2) is 29.4 Å². The van der Waals surface area contributed by atoms with Gasteiger partial charge in [0.1, 0.15) is 5.75 Å². The zero-order valence-electron chi connectivity index (χ0n) is 12.4. The summed E-state index contributed by atoms with van der Waals surface area (Å²) in [5.74, 6) is 0.315. The van der Waals surface area contributed by atoms with Gasteiger partial charge in [-0.15, -0.1) is 0 Å². The Bertz CT molecular complexity index is 721. The number of nitrogens with zero attached hydrogens (tertiary/aromatic N) is 2. The topological polar surface area (TPSA) is 72.7 Å². The summed E-state index contributed by atoms with van der Waals surface area (Å²) in [6.45, 7) is 0.0193. The molecule has 1 amide bonds. The van der Waals surface area contributed by atoms with Crippen LogP contribution in [0.15, 0.2) is 53.0 Å². The lowest BCUT2D eigenvalue weighted by Crippen LogP contribution is -2.31. The average molecular weight is 379 g/mol. The SMILES string of the molecule is CN(Cc1ccccc1[N+](=O)[O-])C(=O)COc1cccc(Br)c1. The molecule has 0 radical (unpaired) electrons. The number of carbonyl (C=O) groups excluding carboxylic acids is 1. The minimum Gasteiger partial charge on any atom is -0.484 e. The Hall–Kier alpha value is -2.41. The molecule has 0 saturated heterocycles. The second-order valence-corrected chi connectivity index (χ2v) is 5.80. The van der Waals surface area contributed by atoms with Crippen LogP contribution in [0.4, 0.5) is 5.69 Å². The van der Waals surface area contributed by atoms with Gasteiger partial charge in [0.25, 0.3) is 11.6 Å². The molecule has 2 rings (SSSR count). The van der Waals surface area contributed by atoms with Gasteiger partial charge in [-0.3, -0.25) is 14.9 Å². The van der Waals surface area contributed by atoms with Gasteiger partial charge in [-0.2, -0.15) is 0 Å². The van der Waals surface area contributed by atoms with E-state index >= 15 is 0 Å². The quantitative estimate of drug-likeness (QED) is 0.570. The molecule has 0 N–H and O–H groups in total. The predicted octanol–water partition coefficient (Wildman–Crippen LogP) is 3.39. The van der Waals surface area contributed by atoms with Crippen molar-refractivity contribution in [3.05, 3.63) is 68.7 Å². The molecule has 0 spiro atoms. The largest absolute Gasteiger partial charge is 0.484 e. The highest BCUT2D eigenvalue weighted by Crippen LogP contribution is 2.20. The van der Waals surface area contributed by atoms with Crippen molar-refractivity contribution >= 4 is 27.5 Å². The summed E-state index contributed by atoms with van der Waals surface area (Å²) >= 11 is 3.32. The molecule has 6 nitrogen and oxygen atoms in total. The van der Waals surface area contributed by atoms with E-state index in [-0.39, 0.29) is 24.7 Å². The second-order valence-electron chi connectivity index (χ2n) is 4.88. The first-order valence-electron chi connectivity index (χ1n) is 6.82. The highest BCUT2D eigenvalue weighted by atomic mass is 79.9. The Balaban J connectivity index is 1.97. The fraction of sp³-hybridized carbons (Fsp3) is 0.188. The number of amides is 1. The summed E-state index contributed by atoms with van der Waals surface area (Å²) in [5, 5.41) is 11.0. The van der Waals surface area contributed by atoms with Gasteiger partial charge in [0, 0.05) is 23.2 Å². The van der Waals surface area contributed by atoms with Crippen molar-refractivity contribution in [2.75, 3.05) is 13.7 Å². The van der Waals surface area contributed by atoms with Crippen LogP contribution in [0.3, 0.4) is 0 Å². The summed E-state index contributed by atoms with van der Waals surface area (Å²) in [4.78, 5) is 24.0. The van der Waals surface area contributed by atoms with Crippen LogP contribution in [0, 0.1) is 10.1 Å². The molecule has 0 aliphatic carbocycles. The van der Waals surface area contributed by atoms with E-state index in [9.17, 15) is 14.9 Å². The molecule has 0 saturated carbocycles. The third kappa shape index (κ3) is 4.79. The zero-order valence-corrected chi connectivity index (χ0v) is 14.0. The molecule has 7 heteroatoms. The minimum absolute atomic E-state index is 0.0000540. The fourth-order valence-electron chi connectivity index (χ4n) is 1.98. The molecule has 0 heterocycles. The van der Waals surface area contributed by atoms with Crippen LogP contribution in [0.2, 0.25) is 0 Å². The fourth-order valence-corrected chi connectivity index (χ4v) is 2.36. The number of para-hydroxylation sites is 1. The minimum atomic E-state index is -0.453. The van der Waals surface area contributed by atoms with Crippen molar-refractivity contribution in [1.82, 2.24) is 4.90 Å². The highest BCUT2D eigenvalue weighted by Gasteiger charge is 2.17. The van der Waals surface area contributed by atoms with Gasteiger partial charge in [0.05, 0.1) is 11.5 Å². The van der Waals surface area contributed by atoms with Crippen LogP contribution in [0.5, 0.6) is 5.75 Å². The van der Waals surface area contributed by atoms with Gasteiger partial charge < -0.3 is 9.64 Å². The maximum absolute atomic E-state index is 12.1. The second kappa shape index (κ2) is 7.73. The molecule has 0 unspecified atom stereocenters. The molecular weight excluding hydrogens is 364 g/mol. The maximum atomic E-state index is 12.1. The predicted molar refractivity (Wildman–Crippen MR) is 89.2 cm³/mol. The number of hydrogen-bond donors (Lipinski definition) is 0. The van der Waals surface area contributed by atoms with Crippen molar-refractivity contribution in [1.29, 1.82) is 0 Å². The first kappa shape index (κ1) is 17.0. The number of nitro benzene ring substituents is 1. The summed E-state index contributed by atoms with van der Waals surface area (Å²) in [5.41, 5.74) is 0.482. The number of hydrogen-bond acceptors (Lipinski definition) is 4. The van der Waals surface area contributed by atoms with Crippen LogP contribution in [0.1, 0.15) is 5.56 Å². The van der Waals surface area contributed by atoms with Crippen LogP contribution < -0.4 is 4.74 Å². The van der Waals surface area contributed by atoms with Crippen molar-refractivity contribution < 1.29 is 14.5 Å². The molecule has 0 bridgehead atoms. The Kier molecular flexibility index (Phi) is 5.70. The third-order valence-electron chi connectivity index (χ3n) is 3.18. The normalized spacial score (nSPS) is 10.2. The van der Waals surface area contributed by atoms with Gasteiger partial charge in [-0.05, 0) is 18.2 Å². The summed E-state index contributed by atoms with van der Waals surface area (Å²) < 4.78 is 6.29. The Morgan fingerprint density at radius 2 is 2.00 bits per heavy atom. The Labute approximate surface area is 142 Å². The van der Waals surface area contributed by atoms with Gasteiger partial charge in [-0.1, -0.05) is 40.2 Å². The number of carbonyl (C=O) groups is 1. The first-order valence-corrected chi connectivity index (χ1v) is 7.61. The molecule has 0 fully saturated rings. The number of nitro groups is 1. The van der Waals surface area contributed by atoms with Crippen LogP contribution in [-0.2, 0) is 11.3 Å². The average Bonchev–Trinajstić information content (AvgIpc) is 2.53. The molecule has 0 aromatic heterocycles. The maximum Gasteiger partial charge on any atom is 0.274 e. The summed E-state index contributed by atoms with van der Waals surface area (Å²) in [6.07, 6.45) is 0. The monoisotopic (exact) mass is 378 g/mol. The van der Waals surface area contributed by atoms with Gasteiger partial charge in [0.15, 0.2) is 6.61 Å². The molecule has 120 valence electrons. The van der Waals surface area contributed by atoms with Crippen molar-refractivity contribution in [2.24, 2.45) is 0 Å². The smallest absolute Gasteiger partial charge is 0.274 e. The molecule has 23 heavy (non-hydrogen) atoms. The number of ether oxygens (including phenoxy) is 1. The molecule has 0 aliphatic rings. The van der Waals surface area contributed by atoms with E-state index in [1.165, 1.54) is 11.0 Å². The van der Waals surface area contributed by atoms with E-state index < -0.39 is 4.92 Å². The van der Waals surface area contributed by atoms with Crippen molar-refractivity contribution in [3.63, 3.8) is 0 Å². The summed E-state index contributed by atoms with van der Waals surface area (Å²) in [6, 6.07) is 13.5. The molecule has 2 aromatic rings. The highest BCUT2D eigenvalue weighted by molar-refractivity contribution is 9.10. The lowest BCUT2D eigenvalue weighted by Gasteiger charge is -2.17. The Morgan fingerprint density at radius 3 is 2.70 bits per heavy atom. The number of halogens is 1. The van der Waals surface area contributed by atoms with E-state index in [1.807, 2.05) is 6.07 Å². The van der Waals surface area contributed by atoms with E-state index in [0.717, 1.165) is 4.47 Å². The van der Waals surface area contributed by atoms with E-state index in [1.54, 1.807) is 43.4 Å². The number of benzene rings is 2. The van der Waals surface area contributed by atoms with Crippen molar-refractivity contribution in [3.8, 4) is 5.75 Å². The molecule has 0 atom stereocenters. The number of likely N-dealkylation sites (N-methyl/N-ethyl adjacent to an activating group) is 1. The molecule has 2 aromatic carbocycles. The molecular formula is C16H15BrN2O4. The van der Waals surface area contributed by atoms with Crippen molar-refractivity contribution in [2.45, 2.75) is 6.54 Å². The van der Waals surface area contributed by atoms with Gasteiger partial charge >= 0.3 is 0 Å². The van der Waals surface area contributed by atoms with E-state index in [2.05, 4.69) is 15.9 Å². The van der Waals surface area contributed by atoms with Crippen LogP contribution in [0.25, 0.3) is 0 Å². The first-order chi connectivity index (χ1) is 11.0. The molecule has 0 aliphatic heterocycles. The van der Waals surface area contributed by atoms with Gasteiger partial charge in [-0.25, -0.2) is 0 Å². The van der Waals surface area contributed by atoms with E-state index in [0.29, 0.717) is 11.3 Å². The Morgan fingerprint density at radius 1 is 1.26 bits per heavy atom. The lowest BCUT2D eigenvalue weighted by molar-refractivity contribution is -0.385. The van der Waals surface area contributed by atoms with Crippen LogP contribution >= 0.6 is 15.9 Å². The standard InChI is InChI=1S/C16H15BrN2O4/c1-18(10-12-5-2-3-8-15(12)19(21)22)16(20)11-23-14-7-4-6-13(17)9-14/h2-9H,10-11H2,1H3. The van der Waals surface area contributed by atoms with E-state index in [4.69, 9.17) is 4.74 Å². The third-order valence-corrected chi connectivity index (χ3v) is 3.67. The lowest BCUT2D eigenvalue weighted by atomic mass is 10.1. The zero-order chi connectivity index (χ0) is 16.8.